The predicted octanol–water partition coefficient (Wildman–Crippen LogP) is 1.16. The highest BCUT2D eigenvalue weighted by Crippen LogP contribution is 2.18. The summed E-state index contributed by atoms with van der Waals surface area (Å²) in [7, 11) is 0. The molecule has 130 valence electrons. The van der Waals surface area contributed by atoms with Gasteiger partial charge in [-0.25, -0.2) is 18.7 Å². The summed E-state index contributed by atoms with van der Waals surface area (Å²) in [4.78, 5) is 25.5. The maximum atomic E-state index is 12.7. The average molecular weight is 376 g/mol. The van der Waals surface area contributed by atoms with Crippen LogP contribution in [-0.2, 0) is 29.3 Å². The van der Waals surface area contributed by atoms with Crippen molar-refractivity contribution in [3.8, 4) is 5.82 Å². The third-order valence-electron chi connectivity index (χ3n) is 3.35. The van der Waals surface area contributed by atoms with Crippen LogP contribution in [0, 0.1) is 0 Å². The molecule has 8 nitrogen and oxygen atoms in total. The van der Waals surface area contributed by atoms with E-state index in [1.54, 1.807) is 29.0 Å². The van der Waals surface area contributed by atoms with E-state index in [1.165, 1.54) is 17.1 Å². The van der Waals surface area contributed by atoms with Crippen LogP contribution >= 0.6 is 0 Å². The predicted molar refractivity (Wildman–Crippen MR) is 100 cm³/mol. The number of fused-ring (bicyclic) bond motifs is 1. The molecule has 3 heterocycles. The Balaban J connectivity index is 2.36. The SMILES string of the molecule is C=CCn1c(=O)c2cnc([S+](C)[O-])nc2n1-c1cccc(/N=[SH]\C)n1. The first kappa shape index (κ1) is 17.5. The summed E-state index contributed by atoms with van der Waals surface area (Å²) < 4.78 is 19.0. The molecule has 0 saturated carbocycles. The maximum Gasteiger partial charge on any atom is 0.344 e. The first-order valence-corrected chi connectivity index (χ1v) is 10.1. The van der Waals surface area contributed by atoms with E-state index in [9.17, 15) is 9.35 Å². The Morgan fingerprint density at radius 2 is 2.24 bits per heavy atom. The fraction of sp³-hybridized carbons (Fsp3) is 0.200. The number of nitrogens with zero attached hydrogens (tertiary/aromatic N) is 6. The van der Waals surface area contributed by atoms with Gasteiger partial charge in [-0.1, -0.05) is 12.1 Å². The van der Waals surface area contributed by atoms with Crippen molar-refractivity contribution in [3.63, 3.8) is 0 Å². The van der Waals surface area contributed by atoms with Crippen LogP contribution in [0.3, 0.4) is 0 Å². The van der Waals surface area contributed by atoms with Gasteiger partial charge in [-0.2, -0.15) is 9.97 Å². The van der Waals surface area contributed by atoms with Gasteiger partial charge in [0.2, 0.25) is 0 Å². The van der Waals surface area contributed by atoms with E-state index < -0.39 is 11.2 Å². The Morgan fingerprint density at radius 3 is 2.92 bits per heavy atom. The molecule has 1 atom stereocenters. The Kier molecular flexibility index (Phi) is 5.11. The van der Waals surface area contributed by atoms with Gasteiger partial charge in [0.15, 0.2) is 17.3 Å². The topological polar surface area (TPSA) is 101 Å². The molecular formula is C15H16N6O2S2. The van der Waals surface area contributed by atoms with Gasteiger partial charge in [-0.15, -0.1) is 18.1 Å². The lowest BCUT2D eigenvalue weighted by Gasteiger charge is -2.10. The Morgan fingerprint density at radius 1 is 1.44 bits per heavy atom. The zero-order valence-electron chi connectivity index (χ0n) is 13.7. The molecule has 0 aliphatic rings. The second-order valence-electron chi connectivity index (χ2n) is 4.99. The van der Waals surface area contributed by atoms with Crippen LogP contribution < -0.4 is 5.56 Å². The van der Waals surface area contributed by atoms with Crippen LogP contribution in [-0.4, -0.2) is 41.4 Å². The first-order valence-electron chi connectivity index (χ1n) is 7.27. The minimum Gasteiger partial charge on any atom is -0.609 e. The lowest BCUT2D eigenvalue weighted by Crippen LogP contribution is -2.22. The summed E-state index contributed by atoms with van der Waals surface area (Å²) in [5.41, 5.74) is 0.0897. The van der Waals surface area contributed by atoms with Crippen LogP contribution in [0.2, 0.25) is 0 Å². The van der Waals surface area contributed by atoms with Gasteiger partial charge in [0, 0.05) is 11.2 Å². The van der Waals surface area contributed by atoms with Crippen molar-refractivity contribution < 1.29 is 4.55 Å². The standard InChI is InChI=1S/C15H16N6O2S2/c1-4-8-20-14(22)10-9-16-15(25(3)23)18-13(10)21(20)12-7-5-6-11(17-12)19-24-2/h4-7,9,24H,1,8H2,2-3H3. The number of rotatable bonds is 5. The molecule has 0 aliphatic heterocycles. The number of hydrogen-bond acceptors (Lipinski definition) is 6. The summed E-state index contributed by atoms with van der Waals surface area (Å²) in [6.07, 6.45) is 6.39. The highest BCUT2D eigenvalue weighted by Gasteiger charge is 2.20. The lowest BCUT2D eigenvalue weighted by molar-refractivity contribution is 0.587. The fourth-order valence-electron chi connectivity index (χ4n) is 2.36. The van der Waals surface area contributed by atoms with Crippen LogP contribution in [0.5, 0.6) is 0 Å². The van der Waals surface area contributed by atoms with Crippen molar-refractivity contribution in [3.05, 3.63) is 47.4 Å². The largest absolute Gasteiger partial charge is 0.609 e. The van der Waals surface area contributed by atoms with Crippen molar-refractivity contribution >= 4 is 39.6 Å². The first-order chi connectivity index (χ1) is 12.1. The highest BCUT2D eigenvalue weighted by atomic mass is 32.2. The minimum absolute atomic E-state index is 0.157. The molecule has 0 spiro atoms. The smallest absolute Gasteiger partial charge is 0.344 e. The van der Waals surface area contributed by atoms with Crippen LogP contribution in [0.15, 0.2) is 51.4 Å². The average Bonchev–Trinajstić information content (AvgIpc) is 2.88. The molecule has 0 bridgehead atoms. The van der Waals surface area contributed by atoms with E-state index in [4.69, 9.17) is 0 Å². The van der Waals surface area contributed by atoms with Crippen molar-refractivity contribution in [2.45, 2.75) is 11.7 Å². The summed E-state index contributed by atoms with van der Waals surface area (Å²) in [5.74, 6) is 1.04. The number of pyridine rings is 1. The number of thiol groups is 1. The summed E-state index contributed by atoms with van der Waals surface area (Å²) in [5, 5.41) is 0.485. The van der Waals surface area contributed by atoms with Gasteiger partial charge in [0.25, 0.3) is 5.56 Å². The second-order valence-corrected chi connectivity index (χ2v) is 6.86. The molecule has 3 aromatic rings. The zero-order valence-corrected chi connectivity index (χ0v) is 15.4. The van der Waals surface area contributed by atoms with Crippen LogP contribution in [0.25, 0.3) is 16.9 Å². The van der Waals surface area contributed by atoms with Crippen molar-refractivity contribution in [2.75, 3.05) is 12.5 Å². The van der Waals surface area contributed by atoms with Gasteiger partial charge >= 0.3 is 5.16 Å². The third-order valence-corrected chi connectivity index (χ3v) is 4.47. The Hall–Kier alpha value is -2.30. The highest BCUT2D eigenvalue weighted by molar-refractivity contribution is 7.90. The molecule has 0 radical (unpaired) electrons. The van der Waals surface area contributed by atoms with E-state index in [0.717, 1.165) is 11.6 Å². The molecule has 3 aromatic heterocycles. The van der Waals surface area contributed by atoms with Gasteiger partial charge in [0.05, 0.1) is 12.7 Å². The molecule has 0 amide bonds. The van der Waals surface area contributed by atoms with Crippen LogP contribution in [0.1, 0.15) is 0 Å². The van der Waals surface area contributed by atoms with E-state index in [0.29, 0.717) is 22.7 Å². The van der Waals surface area contributed by atoms with Gasteiger partial charge < -0.3 is 4.55 Å². The zero-order chi connectivity index (χ0) is 18.0. The molecule has 3 rings (SSSR count). The van der Waals surface area contributed by atoms with E-state index in [2.05, 4.69) is 25.9 Å². The van der Waals surface area contributed by atoms with Crippen molar-refractivity contribution in [1.82, 2.24) is 24.3 Å². The number of aromatic nitrogens is 5. The molecule has 25 heavy (non-hydrogen) atoms. The molecule has 0 aliphatic carbocycles. The number of allylic oxidation sites excluding steroid dienone is 1. The number of hydrogen-bond donors (Lipinski definition) is 1. The molecule has 1 unspecified atom stereocenters. The van der Waals surface area contributed by atoms with E-state index in [1.807, 2.05) is 6.26 Å². The molecule has 0 N–H and O–H groups in total. The van der Waals surface area contributed by atoms with Crippen molar-refractivity contribution in [2.24, 2.45) is 4.36 Å². The van der Waals surface area contributed by atoms with Gasteiger partial charge in [0.1, 0.15) is 11.6 Å². The fourth-order valence-corrected chi connectivity index (χ4v) is 3.09. The Labute approximate surface area is 150 Å². The quantitative estimate of drug-likeness (QED) is 0.312. The molecule has 0 fully saturated rings. The van der Waals surface area contributed by atoms with E-state index >= 15 is 0 Å². The molecular weight excluding hydrogens is 360 g/mol. The van der Waals surface area contributed by atoms with Gasteiger partial charge in [-0.05, 0) is 18.4 Å². The minimum atomic E-state index is -1.37. The monoisotopic (exact) mass is 376 g/mol. The van der Waals surface area contributed by atoms with E-state index in [-0.39, 0.29) is 17.3 Å². The molecule has 0 saturated heterocycles. The summed E-state index contributed by atoms with van der Waals surface area (Å²) in [6.45, 7) is 3.97. The van der Waals surface area contributed by atoms with Gasteiger partial charge in [-0.3, -0.25) is 4.79 Å². The molecule has 0 aromatic carbocycles. The second kappa shape index (κ2) is 7.30. The lowest BCUT2D eigenvalue weighted by atomic mass is 10.4. The Bertz CT molecular complexity index is 1020. The summed E-state index contributed by atoms with van der Waals surface area (Å²) in [6, 6.07) is 5.35. The summed E-state index contributed by atoms with van der Waals surface area (Å²) >= 11 is -0.534. The van der Waals surface area contributed by atoms with Crippen LogP contribution in [0.4, 0.5) is 5.82 Å². The maximum absolute atomic E-state index is 12.7. The normalized spacial score (nSPS) is 13.1. The molecule has 10 heteroatoms. The van der Waals surface area contributed by atoms with Crippen molar-refractivity contribution in [1.29, 1.82) is 0 Å². The third kappa shape index (κ3) is 3.28.